The summed E-state index contributed by atoms with van der Waals surface area (Å²) in [6.07, 6.45) is 29.8. The van der Waals surface area contributed by atoms with E-state index >= 15 is 0 Å². The first kappa shape index (κ1) is 28.9. The Balaban J connectivity index is 2.42. The number of aliphatic hydroxyl groups excluding tert-OH is 3. The van der Waals surface area contributed by atoms with Gasteiger partial charge in [-0.2, -0.15) is 0 Å². The third-order valence-corrected chi connectivity index (χ3v) is 7.94. The fraction of sp³-hybridized carbons (Fsp3) is 1.00. The predicted octanol–water partition coefficient (Wildman–Crippen LogP) is 7.55. The molecule has 0 bridgehead atoms. The molecule has 0 aromatic carbocycles. The molecule has 0 saturated heterocycles. The van der Waals surface area contributed by atoms with Crippen molar-refractivity contribution in [1.29, 1.82) is 0 Å². The Morgan fingerprint density at radius 2 is 0.710 bits per heavy atom. The number of hydrogen-bond donors (Lipinski definition) is 3. The highest BCUT2D eigenvalue weighted by Gasteiger charge is 2.36. The van der Waals surface area contributed by atoms with Gasteiger partial charge in [-0.15, -0.1) is 0 Å². The average Bonchev–Trinajstić information content (AvgIpc) is 2.79. The molecule has 0 aromatic heterocycles. The van der Waals surface area contributed by atoms with Gasteiger partial charge in [0.25, 0.3) is 0 Å². The van der Waals surface area contributed by atoms with E-state index in [9.17, 15) is 15.3 Å². The lowest BCUT2D eigenvalue weighted by Gasteiger charge is -2.37. The lowest BCUT2D eigenvalue weighted by Crippen LogP contribution is -2.40. The highest BCUT2D eigenvalue weighted by atomic mass is 16.3. The zero-order chi connectivity index (χ0) is 22.5. The van der Waals surface area contributed by atoms with Crippen LogP contribution in [0, 0.1) is 11.3 Å². The summed E-state index contributed by atoms with van der Waals surface area (Å²) in [5, 5.41) is 30.2. The van der Waals surface area contributed by atoms with Crippen LogP contribution in [0.1, 0.15) is 148 Å². The fourth-order valence-electron chi connectivity index (χ4n) is 5.49. The van der Waals surface area contributed by atoms with Crippen molar-refractivity contribution in [3.05, 3.63) is 0 Å². The maximum atomic E-state index is 10.1. The second-order valence-corrected chi connectivity index (χ2v) is 10.5. The van der Waals surface area contributed by atoms with Gasteiger partial charge in [-0.3, -0.25) is 0 Å². The molecule has 1 rings (SSSR count). The standard InChI is InChI=1S/C28H56O3/c29-24-27-22-20-18-16-14-12-10-8-6-4-2-1-3-5-7-9-11-13-15-17-19-21-23-28(27,25-30)26-31/h27,29-31H,1-26H2. The van der Waals surface area contributed by atoms with Crippen molar-refractivity contribution < 1.29 is 15.3 Å². The third-order valence-electron chi connectivity index (χ3n) is 7.94. The Kier molecular flexibility index (Phi) is 19.1. The van der Waals surface area contributed by atoms with E-state index in [0.29, 0.717) is 0 Å². The van der Waals surface area contributed by atoms with Crippen molar-refractivity contribution in [2.45, 2.75) is 148 Å². The van der Waals surface area contributed by atoms with Crippen LogP contribution in [0.3, 0.4) is 0 Å². The second kappa shape index (κ2) is 20.5. The molecule has 1 aliphatic carbocycles. The summed E-state index contributed by atoms with van der Waals surface area (Å²) in [5.41, 5.74) is -0.499. The van der Waals surface area contributed by atoms with E-state index in [4.69, 9.17) is 0 Å². The van der Waals surface area contributed by atoms with Gasteiger partial charge in [-0.25, -0.2) is 0 Å². The summed E-state index contributed by atoms with van der Waals surface area (Å²) in [4.78, 5) is 0. The van der Waals surface area contributed by atoms with Gasteiger partial charge >= 0.3 is 0 Å². The molecule has 0 aliphatic heterocycles. The molecule has 1 saturated carbocycles. The molecule has 1 fully saturated rings. The van der Waals surface area contributed by atoms with Crippen molar-refractivity contribution in [1.82, 2.24) is 0 Å². The molecule has 1 atom stereocenters. The van der Waals surface area contributed by atoms with Gasteiger partial charge in [0.2, 0.25) is 0 Å². The monoisotopic (exact) mass is 440 g/mol. The van der Waals surface area contributed by atoms with E-state index in [1.165, 1.54) is 122 Å². The zero-order valence-corrected chi connectivity index (χ0v) is 20.8. The van der Waals surface area contributed by atoms with E-state index in [1.807, 2.05) is 0 Å². The van der Waals surface area contributed by atoms with E-state index in [1.54, 1.807) is 0 Å². The van der Waals surface area contributed by atoms with Crippen LogP contribution in [0.25, 0.3) is 0 Å². The Morgan fingerprint density at radius 3 is 1.00 bits per heavy atom. The first-order valence-electron chi connectivity index (χ1n) is 14.1. The molecule has 186 valence electrons. The summed E-state index contributed by atoms with van der Waals surface area (Å²) < 4.78 is 0. The Hall–Kier alpha value is -0.120. The van der Waals surface area contributed by atoms with Crippen molar-refractivity contribution in [2.24, 2.45) is 11.3 Å². The molecule has 0 radical (unpaired) electrons. The van der Waals surface area contributed by atoms with Crippen LogP contribution in [0.5, 0.6) is 0 Å². The van der Waals surface area contributed by atoms with Gasteiger partial charge < -0.3 is 15.3 Å². The summed E-state index contributed by atoms with van der Waals surface area (Å²) in [5.74, 6) is 0.0250. The van der Waals surface area contributed by atoms with Crippen LogP contribution in [-0.4, -0.2) is 35.1 Å². The van der Waals surface area contributed by atoms with E-state index in [0.717, 1.165) is 25.7 Å². The SMILES string of the molecule is OCC1CCCCCCCCCCCCCCCCCCCCCCCC1(CO)CO. The van der Waals surface area contributed by atoms with Crippen LogP contribution in [0.15, 0.2) is 0 Å². The average molecular weight is 441 g/mol. The fourth-order valence-corrected chi connectivity index (χ4v) is 5.49. The summed E-state index contributed by atoms with van der Waals surface area (Å²) in [7, 11) is 0. The van der Waals surface area contributed by atoms with Gasteiger partial charge in [-0.05, 0) is 18.8 Å². The molecule has 0 spiro atoms. The van der Waals surface area contributed by atoms with Gasteiger partial charge in [0.05, 0.1) is 13.2 Å². The molecule has 1 aliphatic rings. The topological polar surface area (TPSA) is 60.7 Å². The van der Waals surface area contributed by atoms with E-state index in [2.05, 4.69) is 0 Å². The van der Waals surface area contributed by atoms with Crippen LogP contribution in [0.4, 0.5) is 0 Å². The smallest absolute Gasteiger partial charge is 0.0512 e. The molecular weight excluding hydrogens is 384 g/mol. The predicted molar refractivity (Wildman–Crippen MR) is 133 cm³/mol. The van der Waals surface area contributed by atoms with E-state index in [-0.39, 0.29) is 25.7 Å². The molecule has 0 aromatic rings. The third kappa shape index (κ3) is 13.9. The minimum atomic E-state index is -0.499. The van der Waals surface area contributed by atoms with E-state index < -0.39 is 5.41 Å². The van der Waals surface area contributed by atoms with Crippen molar-refractivity contribution in [3.8, 4) is 0 Å². The molecule has 3 N–H and O–H groups in total. The normalized spacial score (nSPS) is 25.8. The van der Waals surface area contributed by atoms with Crippen LogP contribution < -0.4 is 0 Å². The summed E-state index contributed by atoms with van der Waals surface area (Å²) in [6.45, 7) is 0.0740. The first-order chi connectivity index (χ1) is 15.3. The quantitative estimate of drug-likeness (QED) is 0.424. The zero-order valence-electron chi connectivity index (χ0n) is 20.8. The molecule has 31 heavy (non-hydrogen) atoms. The molecule has 3 nitrogen and oxygen atoms in total. The molecule has 0 heterocycles. The lowest BCUT2D eigenvalue weighted by atomic mass is 9.71. The Morgan fingerprint density at radius 1 is 0.419 bits per heavy atom. The van der Waals surface area contributed by atoms with Crippen molar-refractivity contribution in [2.75, 3.05) is 19.8 Å². The molecule has 0 amide bonds. The minimum absolute atomic E-state index is 0.00523. The maximum absolute atomic E-state index is 10.1. The molecular formula is C28H56O3. The van der Waals surface area contributed by atoms with Gasteiger partial charge in [0, 0.05) is 12.0 Å². The van der Waals surface area contributed by atoms with Crippen LogP contribution in [-0.2, 0) is 0 Å². The summed E-state index contributed by atoms with van der Waals surface area (Å²) in [6, 6.07) is 0. The van der Waals surface area contributed by atoms with Gasteiger partial charge in [0.1, 0.15) is 0 Å². The largest absolute Gasteiger partial charge is 0.396 e. The lowest BCUT2D eigenvalue weighted by molar-refractivity contribution is -0.0303. The van der Waals surface area contributed by atoms with Crippen molar-refractivity contribution in [3.63, 3.8) is 0 Å². The van der Waals surface area contributed by atoms with Crippen LogP contribution in [0.2, 0.25) is 0 Å². The maximum Gasteiger partial charge on any atom is 0.0512 e. The first-order valence-corrected chi connectivity index (χ1v) is 14.1. The van der Waals surface area contributed by atoms with Crippen molar-refractivity contribution >= 4 is 0 Å². The van der Waals surface area contributed by atoms with Gasteiger partial charge in [-0.1, -0.05) is 135 Å². The number of aliphatic hydroxyl groups is 3. The second-order valence-electron chi connectivity index (χ2n) is 10.5. The number of hydrogen-bond acceptors (Lipinski definition) is 3. The molecule has 1 unspecified atom stereocenters. The minimum Gasteiger partial charge on any atom is -0.396 e. The summed E-state index contributed by atoms with van der Waals surface area (Å²) >= 11 is 0. The highest BCUT2D eigenvalue weighted by Crippen LogP contribution is 2.36. The Bertz CT molecular complexity index is 367. The highest BCUT2D eigenvalue weighted by molar-refractivity contribution is 4.85. The number of rotatable bonds is 3. The Labute approximate surface area is 194 Å². The van der Waals surface area contributed by atoms with Crippen LogP contribution >= 0.6 is 0 Å². The molecule has 3 heteroatoms. The van der Waals surface area contributed by atoms with Gasteiger partial charge in [0.15, 0.2) is 0 Å².